The van der Waals surface area contributed by atoms with Crippen molar-refractivity contribution in [1.82, 2.24) is 0 Å². The highest BCUT2D eigenvalue weighted by atomic mass is 19.3. The fourth-order valence-electron chi connectivity index (χ4n) is 7.76. The lowest BCUT2D eigenvalue weighted by molar-refractivity contribution is -0.133. The zero-order valence-electron chi connectivity index (χ0n) is 15.3. The first-order valence-corrected chi connectivity index (χ1v) is 10.4. The van der Waals surface area contributed by atoms with E-state index in [0.717, 1.165) is 44.9 Å². The largest absolute Gasteiger partial charge is 0.389 e. The molecule has 0 aromatic carbocycles. The molecule has 4 rings (SSSR count). The van der Waals surface area contributed by atoms with Crippen molar-refractivity contribution in [2.75, 3.05) is 6.61 Å². The van der Waals surface area contributed by atoms with Crippen molar-refractivity contribution in [3.8, 4) is 0 Å². The minimum Gasteiger partial charge on any atom is -0.389 e. The van der Waals surface area contributed by atoms with Gasteiger partial charge in [0.25, 0.3) is 0 Å². The van der Waals surface area contributed by atoms with E-state index in [1.807, 2.05) is 0 Å². The van der Waals surface area contributed by atoms with Gasteiger partial charge >= 0.3 is 0 Å². The number of hydrogen-bond donors (Lipinski definition) is 1. The summed E-state index contributed by atoms with van der Waals surface area (Å²) in [5.41, 5.74) is 0.0635. The summed E-state index contributed by atoms with van der Waals surface area (Å²) in [5.74, 6) is 2.83. The van der Waals surface area contributed by atoms with Crippen LogP contribution >= 0.6 is 0 Å². The average molecular weight is 354 g/mol. The first kappa shape index (κ1) is 17.9. The van der Waals surface area contributed by atoms with Crippen molar-refractivity contribution in [3.05, 3.63) is 0 Å². The summed E-state index contributed by atoms with van der Waals surface area (Å²) in [5, 5.41) is 9.35. The van der Waals surface area contributed by atoms with Crippen LogP contribution in [0.15, 0.2) is 0 Å². The Kier molecular flexibility index (Phi) is 4.71. The second-order valence-corrected chi connectivity index (χ2v) is 9.64. The Morgan fingerprint density at radius 3 is 2.52 bits per heavy atom. The van der Waals surface area contributed by atoms with Gasteiger partial charge in [0.2, 0.25) is 6.43 Å². The molecule has 8 unspecified atom stereocenters. The Hall–Kier alpha value is -0.510. The Bertz CT molecular complexity index is 522. The second kappa shape index (κ2) is 6.58. The minimum atomic E-state index is -2.14. The molecule has 4 heteroatoms. The SMILES string of the molecule is CC12CCC3C4CCC(C(F)F)CC4CCC3C1CCC2C(=O)CO. The van der Waals surface area contributed by atoms with Crippen LogP contribution < -0.4 is 0 Å². The third kappa shape index (κ3) is 2.78. The zero-order valence-corrected chi connectivity index (χ0v) is 15.3. The highest BCUT2D eigenvalue weighted by Crippen LogP contribution is 2.64. The lowest BCUT2D eigenvalue weighted by Gasteiger charge is -2.56. The number of halogens is 2. The molecule has 25 heavy (non-hydrogen) atoms. The smallest absolute Gasteiger partial charge is 0.241 e. The molecule has 4 fully saturated rings. The number of alkyl halides is 2. The zero-order chi connectivity index (χ0) is 17.8. The molecular weight excluding hydrogens is 322 g/mol. The molecule has 0 saturated heterocycles. The molecule has 0 aromatic heterocycles. The van der Waals surface area contributed by atoms with Crippen LogP contribution in [0.3, 0.4) is 0 Å². The topological polar surface area (TPSA) is 37.3 Å². The van der Waals surface area contributed by atoms with Crippen molar-refractivity contribution in [3.63, 3.8) is 0 Å². The van der Waals surface area contributed by atoms with Crippen molar-refractivity contribution in [2.24, 2.45) is 46.8 Å². The number of Topliss-reactive ketones (excluding diaryl/α,β-unsaturated/α-hetero) is 1. The van der Waals surface area contributed by atoms with E-state index in [4.69, 9.17) is 0 Å². The number of aliphatic hydroxyl groups excluding tert-OH is 1. The first-order chi connectivity index (χ1) is 12.0. The van der Waals surface area contributed by atoms with Crippen LogP contribution in [0.25, 0.3) is 0 Å². The first-order valence-electron chi connectivity index (χ1n) is 10.4. The fourth-order valence-corrected chi connectivity index (χ4v) is 7.76. The van der Waals surface area contributed by atoms with Crippen LogP contribution in [0.5, 0.6) is 0 Å². The van der Waals surface area contributed by atoms with Gasteiger partial charge in [-0.05, 0) is 92.8 Å². The van der Waals surface area contributed by atoms with Gasteiger partial charge in [0.05, 0.1) is 0 Å². The van der Waals surface area contributed by atoms with Crippen molar-refractivity contribution in [1.29, 1.82) is 0 Å². The van der Waals surface area contributed by atoms with Gasteiger partial charge in [0.1, 0.15) is 6.61 Å². The summed E-state index contributed by atoms with van der Waals surface area (Å²) in [4.78, 5) is 12.2. The van der Waals surface area contributed by atoms with E-state index in [-0.39, 0.29) is 29.6 Å². The van der Waals surface area contributed by atoms with Gasteiger partial charge in [-0.1, -0.05) is 6.92 Å². The number of carbonyl (C=O) groups is 1. The van der Waals surface area contributed by atoms with E-state index < -0.39 is 6.43 Å². The number of carbonyl (C=O) groups excluding carboxylic acids is 1. The third-order valence-electron chi connectivity index (χ3n) is 8.90. The Balaban J connectivity index is 1.50. The summed E-state index contributed by atoms with van der Waals surface area (Å²) < 4.78 is 26.3. The van der Waals surface area contributed by atoms with E-state index in [2.05, 4.69) is 6.92 Å². The number of hydrogen-bond acceptors (Lipinski definition) is 2. The van der Waals surface area contributed by atoms with E-state index in [1.54, 1.807) is 0 Å². The van der Waals surface area contributed by atoms with Gasteiger partial charge in [-0.3, -0.25) is 4.79 Å². The standard InChI is InChI=1S/C21H32F2O2/c1-21-9-8-15-14-4-3-13(20(22)23)10-12(14)2-5-16(15)17(21)6-7-18(21)19(25)11-24/h12-18,20,24H,2-11H2,1H3. The van der Waals surface area contributed by atoms with E-state index in [0.29, 0.717) is 36.0 Å². The summed E-state index contributed by atoms with van der Waals surface area (Å²) >= 11 is 0. The molecule has 4 saturated carbocycles. The summed E-state index contributed by atoms with van der Waals surface area (Å²) in [7, 11) is 0. The second-order valence-electron chi connectivity index (χ2n) is 9.64. The Morgan fingerprint density at radius 2 is 1.80 bits per heavy atom. The maximum atomic E-state index is 13.1. The van der Waals surface area contributed by atoms with Crippen LogP contribution in [-0.2, 0) is 4.79 Å². The fraction of sp³-hybridized carbons (Fsp3) is 0.952. The minimum absolute atomic E-state index is 0.0366. The van der Waals surface area contributed by atoms with Crippen molar-refractivity contribution >= 4 is 5.78 Å². The molecule has 0 heterocycles. The van der Waals surface area contributed by atoms with Crippen molar-refractivity contribution in [2.45, 2.75) is 71.1 Å². The normalized spacial score (nSPS) is 49.4. The number of fused-ring (bicyclic) bond motifs is 5. The molecule has 1 N–H and O–H groups in total. The molecule has 0 aliphatic heterocycles. The highest BCUT2D eigenvalue weighted by molar-refractivity contribution is 5.83. The van der Waals surface area contributed by atoms with Gasteiger partial charge in [-0.2, -0.15) is 0 Å². The molecular formula is C21H32F2O2. The van der Waals surface area contributed by atoms with Crippen LogP contribution in [0.4, 0.5) is 8.78 Å². The lowest BCUT2D eigenvalue weighted by Crippen LogP contribution is -2.49. The summed E-state index contributed by atoms with van der Waals surface area (Å²) in [6, 6.07) is 0. The molecule has 0 bridgehead atoms. The molecule has 2 nitrogen and oxygen atoms in total. The van der Waals surface area contributed by atoms with Gasteiger partial charge in [0, 0.05) is 11.8 Å². The molecule has 0 spiro atoms. The predicted molar refractivity (Wildman–Crippen MR) is 92.2 cm³/mol. The number of ketones is 1. The Morgan fingerprint density at radius 1 is 1.04 bits per heavy atom. The monoisotopic (exact) mass is 354 g/mol. The van der Waals surface area contributed by atoms with Crippen LogP contribution in [-0.4, -0.2) is 23.9 Å². The van der Waals surface area contributed by atoms with E-state index in [1.165, 1.54) is 6.42 Å². The molecule has 142 valence electrons. The van der Waals surface area contributed by atoms with Gasteiger partial charge in [-0.15, -0.1) is 0 Å². The number of rotatable bonds is 3. The summed E-state index contributed by atoms with van der Waals surface area (Å²) in [6.45, 7) is 1.97. The van der Waals surface area contributed by atoms with Gasteiger partial charge < -0.3 is 5.11 Å². The molecule has 0 amide bonds. The molecule has 4 aliphatic carbocycles. The molecule has 4 aliphatic rings. The third-order valence-corrected chi connectivity index (χ3v) is 8.90. The Labute approximate surface area is 149 Å². The van der Waals surface area contributed by atoms with Crippen LogP contribution in [0.1, 0.15) is 64.7 Å². The number of aliphatic hydroxyl groups is 1. The predicted octanol–water partition coefficient (Wildman–Crippen LogP) is 4.70. The molecule has 0 aromatic rings. The lowest BCUT2D eigenvalue weighted by atomic mass is 9.49. The van der Waals surface area contributed by atoms with Gasteiger partial charge in [-0.25, -0.2) is 8.78 Å². The van der Waals surface area contributed by atoms with Gasteiger partial charge in [0.15, 0.2) is 5.78 Å². The maximum absolute atomic E-state index is 13.1. The quantitative estimate of drug-likeness (QED) is 0.798. The van der Waals surface area contributed by atoms with Crippen LogP contribution in [0, 0.1) is 46.8 Å². The summed E-state index contributed by atoms with van der Waals surface area (Å²) in [6.07, 6.45) is 6.86. The van der Waals surface area contributed by atoms with E-state index >= 15 is 0 Å². The molecule has 0 radical (unpaired) electrons. The van der Waals surface area contributed by atoms with Crippen molar-refractivity contribution < 1.29 is 18.7 Å². The maximum Gasteiger partial charge on any atom is 0.241 e. The average Bonchev–Trinajstić information content (AvgIpc) is 2.97. The molecule has 8 atom stereocenters. The van der Waals surface area contributed by atoms with Crippen LogP contribution in [0.2, 0.25) is 0 Å². The van der Waals surface area contributed by atoms with E-state index in [9.17, 15) is 18.7 Å². The highest BCUT2D eigenvalue weighted by Gasteiger charge is 2.58.